The fraction of sp³-hybridized carbons (Fsp3) is 0.846. The minimum atomic E-state index is -0.735. The van der Waals surface area contributed by atoms with Gasteiger partial charge in [-0.15, -0.1) is 0 Å². The molecule has 0 aromatic heterocycles. The summed E-state index contributed by atoms with van der Waals surface area (Å²) in [5.41, 5.74) is 0. The predicted molar refractivity (Wildman–Crippen MR) is 67.3 cm³/mol. The van der Waals surface area contributed by atoms with Crippen LogP contribution in [0.2, 0.25) is 0 Å². The number of urea groups is 1. The average Bonchev–Trinajstić information content (AvgIpc) is 2.25. The highest BCUT2D eigenvalue weighted by molar-refractivity contribution is 5.76. The monoisotopic (exact) mass is 254 g/mol. The van der Waals surface area contributed by atoms with E-state index in [1.165, 1.54) is 6.42 Å². The van der Waals surface area contributed by atoms with Crippen molar-refractivity contribution in [2.75, 3.05) is 13.6 Å². The number of rotatable bonds is 2. The Morgan fingerprint density at radius 2 is 1.94 bits per heavy atom. The van der Waals surface area contributed by atoms with E-state index < -0.39 is 5.97 Å². The second-order valence-corrected chi connectivity index (χ2v) is 5.58. The quantitative estimate of drug-likeness (QED) is 0.817. The third-order valence-electron chi connectivity index (χ3n) is 4.40. The minimum Gasteiger partial charge on any atom is -0.481 e. The van der Waals surface area contributed by atoms with Crippen LogP contribution in [0.15, 0.2) is 0 Å². The van der Waals surface area contributed by atoms with E-state index in [1.54, 1.807) is 0 Å². The van der Waals surface area contributed by atoms with Crippen molar-refractivity contribution in [3.63, 3.8) is 0 Å². The molecular weight excluding hydrogens is 232 g/mol. The summed E-state index contributed by atoms with van der Waals surface area (Å²) < 4.78 is 0. The molecule has 5 heteroatoms. The van der Waals surface area contributed by atoms with Gasteiger partial charge in [-0.05, 0) is 39.0 Å². The molecule has 0 radical (unpaired) electrons. The first-order valence-electron chi connectivity index (χ1n) is 6.77. The number of piperidine rings is 1. The summed E-state index contributed by atoms with van der Waals surface area (Å²) in [5.74, 6) is -1.03. The number of amides is 2. The first-order chi connectivity index (χ1) is 8.50. The van der Waals surface area contributed by atoms with Gasteiger partial charge in [0.05, 0.1) is 5.92 Å². The zero-order chi connectivity index (χ0) is 13.3. The number of carboxylic acid groups (broad SMARTS) is 1. The molecule has 0 aromatic carbocycles. The average molecular weight is 254 g/mol. The molecule has 2 amide bonds. The lowest BCUT2D eigenvalue weighted by Gasteiger charge is -2.42. The molecule has 0 spiro atoms. The minimum absolute atomic E-state index is 0.0230. The molecule has 1 aliphatic carbocycles. The maximum atomic E-state index is 12.3. The molecule has 18 heavy (non-hydrogen) atoms. The number of carbonyl (C=O) groups excluding carboxylic acids is 1. The van der Waals surface area contributed by atoms with Crippen LogP contribution in [-0.2, 0) is 4.79 Å². The van der Waals surface area contributed by atoms with Gasteiger partial charge in [0, 0.05) is 25.7 Å². The lowest BCUT2D eigenvalue weighted by atomic mass is 9.90. The molecule has 2 aliphatic rings. The molecule has 2 rings (SSSR count). The second kappa shape index (κ2) is 5.16. The van der Waals surface area contributed by atoms with Gasteiger partial charge in [0.15, 0.2) is 0 Å². The number of likely N-dealkylation sites (tertiary alicyclic amines) is 1. The van der Waals surface area contributed by atoms with Crippen molar-refractivity contribution in [3.8, 4) is 0 Å². The summed E-state index contributed by atoms with van der Waals surface area (Å²) in [6.07, 6.45) is 4.55. The van der Waals surface area contributed by atoms with Crippen molar-refractivity contribution in [2.24, 2.45) is 5.92 Å². The van der Waals surface area contributed by atoms with Crippen LogP contribution < -0.4 is 0 Å². The van der Waals surface area contributed by atoms with Crippen molar-refractivity contribution in [2.45, 2.75) is 51.1 Å². The Hall–Kier alpha value is -1.26. The molecule has 0 aromatic rings. The summed E-state index contributed by atoms with van der Waals surface area (Å²) in [5, 5.41) is 9.01. The molecule has 2 fully saturated rings. The van der Waals surface area contributed by atoms with Crippen LogP contribution in [0.3, 0.4) is 0 Å². The Balaban J connectivity index is 1.93. The molecule has 2 unspecified atom stereocenters. The van der Waals surface area contributed by atoms with Gasteiger partial charge in [0.25, 0.3) is 0 Å². The molecule has 1 saturated carbocycles. The number of aliphatic carboxylic acids is 1. The molecule has 1 heterocycles. The number of nitrogens with zero attached hydrogens (tertiary/aromatic N) is 2. The summed E-state index contributed by atoms with van der Waals surface area (Å²) in [6, 6.07) is 0.479. The topological polar surface area (TPSA) is 60.9 Å². The number of carbonyl (C=O) groups is 2. The van der Waals surface area contributed by atoms with E-state index in [1.807, 2.05) is 23.8 Å². The zero-order valence-electron chi connectivity index (χ0n) is 11.1. The van der Waals surface area contributed by atoms with Crippen molar-refractivity contribution in [1.29, 1.82) is 0 Å². The van der Waals surface area contributed by atoms with Crippen molar-refractivity contribution >= 4 is 12.0 Å². The van der Waals surface area contributed by atoms with E-state index in [2.05, 4.69) is 0 Å². The molecular formula is C13H22N2O3. The van der Waals surface area contributed by atoms with Gasteiger partial charge in [0.2, 0.25) is 0 Å². The Labute approximate surface area is 108 Å². The Bertz CT molecular complexity index is 341. The van der Waals surface area contributed by atoms with Crippen LogP contribution in [0, 0.1) is 5.92 Å². The van der Waals surface area contributed by atoms with Crippen LogP contribution >= 0.6 is 0 Å². The van der Waals surface area contributed by atoms with Crippen molar-refractivity contribution in [1.82, 2.24) is 9.80 Å². The number of hydrogen-bond donors (Lipinski definition) is 1. The third kappa shape index (κ3) is 2.44. The molecule has 2 atom stereocenters. The van der Waals surface area contributed by atoms with Gasteiger partial charge >= 0.3 is 12.0 Å². The fourth-order valence-electron chi connectivity index (χ4n) is 2.81. The maximum absolute atomic E-state index is 12.3. The lowest BCUT2D eigenvalue weighted by molar-refractivity contribution is -0.143. The summed E-state index contributed by atoms with van der Waals surface area (Å²) in [6.45, 7) is 2.51. The predicted octanol–water partition coefficient (Wildman–Crippen LogP) is 1.78. The standard InChI is InChI=1S/C13H22N2O3/c1-9-8-10(12(16)17)6-7-15(9)13(18)14(2)11-4-3-5-11/h9-11H,3-8H2,1-2H3,(H,16,17). The van der Waals surface area contributed by atoms with Gasteiger partial charge in [-0.1, -0.05) is 0 Å². The van der Waals surface area contributed by atoms with E-state index >= 15 is 0 Å². The van der Waals surface area contributed by atoms with Crippen LogP contribution in [0.1, 0.15) is 39.0 Å². The molecule has 0 bridgehead atoms. The van der Waals surface area contributed by atoms with Crippen LogP contribution in [0.5, 0.6) is 0 Å². The summed E-state index contributed by atoms with van der Waals surface area (Å²) in [4.78, 5) is 26.9. The van der Waals surface area contributed by atoms with Crippen LogP contribution in [-0.4, -0.2) is 52.6 Å². The van der Waals surface area contributed by atoms with E-state index in [9.17, 15) is 9.59 Å². The third-order valence-corrected chi connectivity index (χ3v) is 4.40. The van der Waals surface area contributed by atoms with Gasteiger partial charge < -0.3 is 14.9 Å². The first-order valence-corrected chi connectivity index (χ1v) is 6.77. The van der Waals surface area contributed by atoms with Crippen molar-refractivity contribution in [3.05, 3.63) is 0 Å². The van der Waals surface area contributed by atoms with Gasteiger partial charge in [-0.25, -0.2) is 4.79 Å². The second-order valence-electron chi connectivity index (χ2n) is 5.58. The highest BCUT2D eigenvalue weighted by Crippen LogP contribution is 2.28. The van der Waals surface area contributed by atoms with Crippen LogP contribution in [0.25, 0.3) is 0 Å². The largest absolute Gasteiger partial charge is 0.481 e. The van der Waals surface area contributed by atoms with E-state index in [-0.39, 0.29) is 18.0 Å². The molecule has 1 aliphatic heterocycles. The maximum Gasteiger partial charge on any atom is 0.320 e. The molecule has 5 nitrogen and oxygen atoms in total. The van der Waals surface area contributed by atoms with Gasteiger partial charge in [-0.3, -0.25) is 4.79 Å². The molecule has 1 saturated heterocycles. The number of hydrogen-bond acceptors (Lipinski definition) is 2. The summed E-state index contributed by atoms with van der Waals surface area (Å²) >= 11 is 0. The Kier molecular flexibility index (Phi) is 3.78. The highest BCUT2D eigenvalue weighted by Gasteiger charge is 2.35. The smallest absolute Gasteiger partial charge is 0.320 e. The first kappa shape index (κ1) is 13.2. The fourth-order valence-corrected chi connectivity index (χ4v) is 2.81. The van der Waals surface area contributed by atoms with Gasteiger partial charge in [0.1, 0.15) is 0 Å². The molecule has 102 valence electrons. The van der Waals surface area contributed by atoms with Crippen molar-refractivity contribution < 1.29 is 14.7 Å². The molecule has 1 N–H and O–H groups in total. The van der Waals surface area contributed by atoms with Crippen LogP contribution in [0.4, 0.5) is 4.79 Å². The lowest BCUT2D eigenvalue weighted by Crippen LogP contribution is -2.54. The normalized spacial score (nSPS) is 28.7. The van der Waals surface area contributed by atoms with E-state index in [0.717, 1.165) is 12.8 Å². The van der Waals surface area contributed by atoms with E-state index in [4.69, 9.17) is 5.11 Å². The number of carboxylic acids is 1. The summed E-state index contributed by atoms with van der Waals surface area (Å²) in [7, 11) is 1.86. The Morgan fingerprint density at radius 3 is 2.39 bits per heavy atom. The van der Waals surface area contributed by atoms with E-state index in [0.29, 0.717) is 25.4 Å². The zero-order valence-corrected chi connectivity index (χ0v) is 11.1. The highest BCUT2D eigenvalue weighted by atomic mass is 16.4. The Morgan fingerprint density at radius 1 is 1.28 bits per heavy atom. The SMILES string of the molecule is CC1CC(C(=O)O)CCN1C(=O)N(C)C1CCC1. The van der Waals surface area contributed by atoms with Gasteiger partial charge in [-0.2, -0.15) is 0 Å².